The van der Waals surface area contributed by atoms with Gasteiger partial charge in [0.2, 0.25) is 0 Å². The van der Waals surface area contributed by atoms with E-state index in [1.54, 1.807) is 6.92 Å². The zero-order valence-corrected chi connectivity index (χ0v) is 11.5. The summed E-state index contributed by atoms with van der Waals surface area (Å²) in [5.74, 6) is -0.398. The third-order valence-corrected chi connectivity index (χ3v) is 3.83. The van der Waals surface area contributed by atoms with E-state index in [9.17, 15) is 9.59 Å². The molecule has 1 saturated heterocycles. The molecule has 1 unspecified atom stereocenters. The molecule has 3 rings (SSSR count). The summed E-state index contributed by atoms with van der Waals surface area (Å²) in [6.07, 6.45) is 0. The number of nitrogens with one attached hydrogen (secondary N) is 1. The molecule has 2 aromatic rings. The monoisotopic (exact) mass is 279 g/mol. The van der Waals surface area contributed by atoms with Gasteiger partial charge in [-0.3, -0.25) is 4.79 Å². The highest BCUT2D eigenvalue weighted by atomic mass is 16.2. The van der Waals surface area contributed by atoms with Crippen LogP contribution in [0.25, 0.3) is 10.8 Å². The van der Waals surface area contributed by atoms with Gasteiger partial charge in [-0.1, -0.05) is 42.5 Å². The van der Waals surface area contributed by atoms with E-state index in [2.05, 4.69) is 5.32 Å². The Balaban J connectivity index is 2.17. The lowest BCUT2D eigenvalue weighted by atomic mass is 9.88. The largest absolute Gasteiger partial charge is 0.326 e. The predicted molar refractivity (Wildman–Crippen MR) is 77.2 cm³/mol. The van der Waals surface area contributed by atoms with Crippen LogP contribution < -0.4 is 5.32 Å². The Kier molecular flexibility index (Phi) is 2.88. The second-order valence-electron chi connectivity index (χ2n) is 5.13. The Morgan fingerprint density at radius 3 is 2.67 bits per heavy atom. The average molecular weight is 279 g/mol. The summed E-state index contributed by atoms with van der Waals surface area (Å²) in [7, 11) is 0. The first-order valence-corrected chi connectivity index (χ1v) is 6.57. The quantitative estimate of drug-likeness (QED) is 0.676. The minimum atomic E-state index is -1.14. The summed E-state index contributed by atoms with van der Waals surface area (Å²) in [6.45, 7) is 1.43. The molecule has 0 saturated carbocycles. The molecule has 21 heavy (non-hydrogen) atoms. The number of hydrogen-bond donors (Lipinski definition) is 1. The van der Waals surface area contributed by atoms with E-state index >= 15 is 0 Å². The van der Waals surface area contributed by atoms with Crippen molar-refractivity contribution in [1.29, 1.82) is 5.26 Å². The van der Waals surface area contributed by atoms with Gasteiger partial charge in [0.25, 0.3) is 5.91 Å². The molecule has 1 heterocycles. The topological polar surface area (TPSA) is 73.2 Å². The van der Waals surface area contributed by atoms with E-state index in [0.29, 0.717) is 0 Å². The molecule has 1 fully saturated rings. The smallest absolute Gasteiger partial charge is 0.319 e. The van der Waals surface area contributed by atoms with Gasteiger partial charge in [0.1, 0.15) is 12.1 Å². The summed E-state index contributed by atoms with van der Waals surface area (Å²) in [5, 5.41) is 13.4. The van der Waals surface area contributed by atoms with Crippen molar-refractivity contribution in [1.82, 2.24) is 10.2 Å². The minimum Gasteiger partial charge on any atom is -0.319 e. The highest BCUT2D eigenvalue weighted by molar-refractivity contribution is 6.09. The van der Waals surface area contributed by atoms with Crippen LogP contribution in [0.2, 0.25) is 0 Å². The number of nitriles is 1. The van der Waals surface area contributed by atoms with Crippen LogP contribution >= 0.6 is 0 Å². The van der Waals surface area contributed by atoms with Crippen LogP contribution in [0.3, 0.4) is 0 Å². The van der Waals surface area contributed by atoms with E-state index in [0.717, 1.165) is 21.2 Å². The van der Waals surface area contributed by atoms with E-state index in [4.69, 9.17) is 5.26 Å². The molecular formula is C16H13N3O2. The molecule has 0 radical (unpaired) electrons. The fourth-order valence-electron chi connectivity index (χ4n) is 2.76. The van der Waals surface area contributed by atoms with Crippen LogP contribution in [0.4, 0.5) is 4.79 Å². The normalized spacial score (nSPS) is 21.4. The Morgan fingerprint density at radius 1 is 1.19 bits per heavy atom. The van der Waals surface area contributed by atoms with Gasteiger partial charge in [0, 0.05) is 0 Å². The van der Waals surface area contributed by atoms with Crippen LogP contribution in [0.1, 0.15) is 12.5 Å². The standard InChI is InChI=1S/C16H13N3O2/c1-16(14(20)19(10-9-17)15(21)18-16)13-8-4-6-11-5-2-3-7-12(11)13/h2-8H,10H2,1H3,(H,18,21). The van der Waals surface area contributed by atoms with Gasteiger partial charge in [0.05, 0.1) is 6.07 Å². The second-order valence-corrected chi connectivity index (χ2v) is 5.13. The van der Waals surface area contributed by atoms with Gasteiger partial charge in [0.15, 0.2) is 0 Å². The summed E-state index contributed by atoms with van der Waals surface area (Å²) in [4.78, 5) is 25.5. The third kappa shape index (κ3) is 1.84. The van der Waals surface area contributed by atoms with E-state index in [-0.39, 0.29) is 6.54 Å². The Morgan fingerprint density at radius 2 is 1.90 bits per heavy atom. The predicted octanol–water partition coefficient (Wildman–Crippen LogP) is 2.13. The van der Waals surface area contributed by atoms with Crippen molar-refractivity contribution in [2.24, 2.45) is 0 Å². The zero-order chi connectivity index (χ0) is 15.0. The fraction of sp³-hybridized carbons (Fsp3) is 0.188. The molecule has 5 nitrogen and oxygen atoms in total. The minimum absolute atomic E-state index is 0.245. The van der Waals surface area contributed by atoms with Crippen molar-refractivity contribution in [2.45, 2.75) is 12.5 Å². The van der Waals surface area contributed by atoms with Gasteiger partial charge in [-0.25, -0.2) is 9.69 Å². The van der Waals surface area contributed by atoms with Crippen LogP contribution in [0.15, 0.2) is 42.5 Å². The van der Waals surface area contributed by atoms with Crippen LogP contribution in [-0.4, -0.2) is 23.4 Å². The number of fused-ring (bicyclic) bond motifs is 1. The fourth-order valence-corrected chi connectivity index (χ4v) is 2.76. The number of benzene rings is 2. The zero-order valence-electron chi connectivity index (χ0n) is 11.5. The lowest BCUT2D eigenvalue weighted by Crippen LogP contribution is -2.41. The molecule has 0 aromatic heterocycles. The van der Waals surface area contributed by atoms with Crippen molar-refractivity contribution >= 4 is 22.7 Å². The molecule has 0 spiro atoms. The van der Waals surface area contributed by atoms with Crippen LogP contribution in [0, 0.1) is 11.3 Å². The van der Waals surface area contributed by atoms with Crippen LogP contribution in [-0.2, 0) is 10.3 Å². The third-order valence-electron chi connectivity index (χ3n) is 3.83. The summed E-state index contributed by atoms with van der Waals surface area (Å²) >= 11 is 0. The number of nitrogens with zero attached hydrogens (tertiary/aromatic N) is 2. The van der Waals surface area contributed by atoms with Crippen molar-refractivity contribution < 1.29 is 9.59 Å². The first-order valence-electron chi connectivity index (χ1n) is 6.57. The molecule has 5 heteroatoms. The maximum Gasteiger partial charge on any atom is 0.326 e. The first-order chi connectivity index (χ1) is 10.1. The van der Waals surface area contributed by atoms with Gasteiger partial charge in [-0.15, -0.1) is 0 Å². The molecule has 104 valence electrons. The highest BCUT2D eigenvalue weighted by Gasteiger charge is 2.49. The second kappa shape index (κ2) is 4.60. The Hall–Kier alpha value is -2.87. The lowest BCUT2D eigenvalue weighted by molar-refractivity contribution is -0.130. The Bertz CT molecular complexity index is 788. The number of urea groups is 1. The van der Waals surface area contributed by atoms with Gasteiger partial charge in [-0.05, 0) is 23.3 Å². The average Bonchev–Trinajstić information content (AvgIpc) is 2.71. The van der Waals surface area contributed by atoms with Crippen molar-refractivity contribution in [3.63, 3.8) is 0 Å². The number of imide groups is 1. The number of rotatable bonds is 2. The molecule has 1 atom stereocenters. The molecule has 1 N–H and O–H groups in total. The maximum atomic E-state index is 12.6. The van der Waals surface area contributed by atoms with E-state index < -0.39 is 17.5 Å². The summed E-state index contributed by atoms with van der Waals surface area (Å²) in [6, 6.07) is 14.6. The molecule has 0 bridgehead atoms. The molecule has 1 aliphatic rings. The first kappa shape index (κ1) is 13.1. The number of carbonyl (C=O) groups excluding carboxylic acids is 2. The van der Waals surface area contributed by atoms with Gasteiger partial charge in [-0.2, -0.15) is 5.26 Å². The SMILES string of the molecule is CC1(c2cccc3ccccc23)NC(=O)N(CC#N)C1=O. The summed E-state index contributed by atoms with van der Waals surface area (Å²) in [5.41, 5.74) is -0.409. The maximum absolute atomic E-state index is 12.6. The molecule has 3 amide bonds. The number of amides is 3. The van der Waals surface area contributed by atoms with E-state index in [1.165, 1.54) is 0 Å². The van der Waals surface area contributed by atoms with E-state index in [1.807, 2.05) is 48.5 Å². The summed E-state index contributed by atoms with van der Waals surface area (Å²) < 4.78 is 0. The highest BCUT2D eigenvalue weighted by Crippen LogP contribution is 2.33. The molecule has 2 aromatic carbocycles. The van der Waals surface area contributed by atoms with Crippen molar-refractivity contribution in [2.75, 3.05) is 6.54 Å². The lowest BCUT2D eigenvalue weighted by Gasteiger charge is -2.23. The molecular weight excluding hydrogens is 266 g/mol. The molecule has 0 aliphatic carbocycles. The number of hydrogen-bond acceptors (Lipinski definition) is 3. The van der Waals surface area contributed by atoms with Crippen molar-refractivity contribution in [3.05, 3.63) is 48.0 Å². The Labute approximate surface area is 121 Å². The van der Waals surface area contributed by atoms with Crippen molar-refractivity contribution in [3.8, 4) is 6.07 Å². The van der Waals surface area contributed by atoms with Crippen LogP contribution in [0.5, 0.6) is 0 Å². The van der Waals surface area contributed by atoms with Gasteiger partial charge < -0.3 is 5.32 Å². The molecule has 1 aliphatic heterocycles. The number of carbonyl (C=O) groups is 2. The van der Waals surface area contributed by atoms with Gasteiger partial charge >= 0.3 is 6.03 Å².